The molecule has 25 heavy (non-hydrogen) atoms. The maximum Gasteiger partial charge on any atom is 0.303 e. The second-order valence-electron chi connectivity index (χ2n) is 5.13. The van der Waals surface area contributed by atoms with E-state index in [1.165, 1.54) is 36.4 Å². The lowest BCUT2D eigenvalue weighted by atomic mass is 10.2. The molecule has 0 aromatic heterocycles. The first kappa shape index (κ1) is 19.5. The fourth-order valence-electron chi connectivity index (χ4n) is 2.14. The van der Waals surface area contributed by atoms with Gasteiger partial charge in [0.15, 0.2) is 0 Å². The van der Waals surface area contributed by atoms with Crippen LogP contribution in [0.4, 0.5) is 10.1 Å². The van der Waals surface area contributed by atoms with Crippen molar-refractivity contribution in [3.05, 3.63) is 58.3 Å². The molecular formula is C16H14Cl2FNO4S. The fourth-order valence-corrected chi connectivity index (χ4v) is 3.93. The van der Waals surface area contributed by atoms with E-state index in [1.807, 2.05) is 0 Å². The normalized spacial score (nSPS) is 11.3. The van der Waals surface area contributed by atoms with Gasteiger partial charge >= 0.3 is 5.97 Å². The van der Waals surface area contributed by atoms with Gasteiger partial charge in [0.2, 0.25) is 0 Å². The molecule has 0 heterocycles. The maximum atomic E-state index is 13.4. The third-order valence-corrected chi connectivity index (χ3v) is 5.73. The SMILES string of the molecule is O=C(O)CCCN(c1ccc(F)c(Cl)c1)S(=O)(=O)c1ccc(Cl)cc1. The minimum Gasteiger partial charge on any atom is -0.481 e. The second kappa shape index (κ2) is 8.03. The molecule has 2 rings (SSSR count). The molecule has 0 fully saturated rings. The number of carboxylic acid groups (broad SMARTS) is 1. The number of carboxylic acids is 1. The average Bonchev–Trinajstić information content (AvgIpc) is 2.54. The Kier molecular flexibility index (Phi) is 6.26. The summed E-state index contributed by atoms with van der Waals surface area (Å²) in [5.41, 5.74) is 0.145. The van der Waals surface area contributed by atoms with E-state index in [4.69, 9.17) is 28.3 Å². The van der Waals surface area contributed by atoms with Crippen molar-refractivity contribution in [3.63, 3.8) is 0 Å². The van der Waals surface area contributed by atoms with Crippen molar-refractivity contribution >= 4 is 44.9 Å². The van der Waals surface area contributed by atoms with Gasteiger partial charge in [-0.2, -0.15) is 0 Å². The van der Waals surface area contributed by atoms with E-state index in [9.17, 15) is 17.6 Å². The lowest BCUT2D eigenvalue weighted by Gasteiger charge is -2.24. The standard InChI is InChI=1S/C16H14Cl2FNO4S/c17-11-3-6-13(7-4-11)25(23,24)20(9-1-2-16(21)22)12-5-8-15(19)14(18)10-12/h3-8,10H,1-2,9H2,(H,21,22). The quantitative estimate of drug-likeness (QED) is 0.748. The number of rotatable bonds is 7. The van der Waals surface area contributed by atoms with Crippen LogP contribution in [0.3, 0.4) is 0 Å². The molecule has 0 saturated heterocycles. The number of sulfonamides is 1. The summed E-state index contributed by atoms with van der Waals surface area (Å²) in [5.74, 6) is -1.72. The Morgan fingerprint density at radius 3 is 2.32 bits per heavy atom. The van der Waals surface area contributed by atoms with Crippen LogP contribution in [-0.2, 0) is 14.8 Å². The summed E-state index contributed by atoms with van der Waals surface area (Å²) in [6.07, 6.45) is -0.126. The van der Waals surface area contributed by atoms with Gasteiger partial charge in [-0.15, -0.1) is 0 Å². The van der Waals surface area contributed by atoms with Crippen LogP contribution in [0.25, 0.3) is 0 Å². The minimum absolute atomic E-state index is 0.0207. The van der Waals surface area contributed by atoms with Crippen LogP contribution in [0.5, 0.6) is 0 Å². The van der Waals surface area contributed by atoms with Crippen LogP contribution in [-0.4, -0.2) is 26.0 Å². The van der Waals surface area contributed by atoms with Gasteiger partial charge in [0, 0.05) is 18.0 Å². The van der Waals surface area contributed by atoms with Gasteiger partial charge < -0.3 is 5.11 Å². The van der Waals surface area contributed by atoms with Crippen LogP contribution >= 0.6 is 23.2 Å². The van der Waals surface area contributed by atoms with E-state index in [0.29, 0.717) is 5.02 Å². The Balaban J connectivity index is 2.43. The summed E-state index contributed by atoms with van der Waals surface area (Å²) in [5, 5.41) is 8.92. The van der Waals surface area contributed by atoms with Crippen molar-refractivity contribution in [3.8, 4) is 0 Å². The molecule has 134 valence electrons. The zero-order valence-corrected chi connectivity index (χ0v) is 15.2. The predicted molar refractivity (Wildman–Crippen MR) is 94.3 cm³/mol. The Morgan fingerprint density at radius 1 is 1.12 bits per heavy atom. The molecule has 0 spiro atoms. The van der Waals surface area contributed by atoms with Gasteiger partial charge in [0.1, 0.15) is 5.82 Å². The van der Waals surface area contributed by atoms with Gasteiger partial charge in [-0.05, 0) is 48.9 Å². The highest BCUT2D eigenvalue weighted by molar-refractivity contribution is 7.92. The summed E-state index contributed by atoms with van der Waals surface area (Å²) in [6.45, 7) is -0.0980. The van der Waals surface area contributed by atoms with E-state index in [2.05, 4.69) is 0 Å². The summed E-state index contributed by atoms with van der Waals surface area (Å²) in [7, 11) is -4.00. The van der Waals surface area contributed by atoms with Crippen molar-refractivity contribution < 1.29 is 22.7 Å². The predicted octanol–water partition coefficient (Wildman–Crippen LogP) is 4.19. The molecule has 0 aliphatic heterocycles. The molecule has 0 amide bonds. The van der Waals surface area contributed by atoms with Gasteiger partial charge in [0.05, 0.1) is 15.6 Å². The number of anilines is 1. The van der Waals surface area contributed by atoms with Crippen molar-refractivity contribution in [1.82, 2.24) is 0 Å². The van der Waals surface area contributed by atoms with E-state index < -0.39 is 21.8 Å². The Hall–Kier alpha value is -1.83. The van der Waals surface area contributed by atoms with Crippen LogP contribution in [0.15, 0.2) is 47.4 Å². The van der Waals surface area contributed by atoms with Crippen LogP contribution in [0.2, 0.25) is 10.0 Å². The zero-order chi connectivity index (χ0) is 18.6. The molecule has 0 saturated carbocycles. The Bertz CT molecular complexity index is 872. The maximum absolute atomic E-state index is 13.4. The molecule has 0 unspecified atom stereocenters. The van der Waals surface area contributed by atoms with Crippen LogP contribution in [0.1, 0.15) is 12.8 Å². The van der Waals surface area contributed by atoms with E-state index in [1.54, 1.807) is 0 Å². The first-order valence-corrected chi connectivity index (χ1v) is 9.36. The number of hydrogen-bond donors (Lipinski definition) is 1. The third kappa shape index (κ3) is 4.84. The zero-order valence-electron chi connectivity index (χ0n) is 12.8. The molecule has 0 radical (unpaired) electrons. The van der Waals surface area contributed by atoms with Crippen molar-refractivity contribution in [2.24, 2.45) is 0 Å². The highest BCUT2D eigenvalue weighted by Gasteiger charge is 2.25. The molecule has 2 aromatic carbocycles. The smallest absolute Gasteiger partial charge is 0.303 e. The van der Waals surface area contributed by atoms with Crippen molar-refractivity contribution in [2.75, 3.05) is 10.8 Å². The topological polar surface area (TPSA) is 74.7 Å². The monoisotopic (exact) mass is 405 g/mol. The highest BCUT2D eigenvalue weighted by Crippen LogP contribution is 2.28. The lowest BCUT2D eigenvalue weighted by Crippen LogP contribution is -2.32. The first-order chi connectivity index (χ1) is 11.7. The summed E-state index contributed by atoms with van der Waals surface area (Å²) in [4.78, 5) is 10.7. The van der Waals surface area contributed by atoms with E-state index in [0.717, 1.165) is 10.4 Å². The van der Waals surface area contributed by atoms with Crippen LogP contribution in [0, 0.1) is 5.82 Å². The molecule has 0 bridgehead atoms. The molecule has 5 nitrogen and oxygen atoms in total. The number of carbonyl (C=O) groups is 1. The number of halogens is 3. The summed E-state index contributed by atoms with van der Waals surface area (Å²) >= 11 is 11.5. The van der Waals surface area contributed by atoms with E-state index >= 15 is 0 Å². The van der Waals surface area contributed by atoms with Gasteiger partial charge in [-0.3, -0.25) is 9.10 Å². The van der Waals surface area contributed by atoms with Gasteiger partial charge in [-0.1, -0.05) is 23.2 Å². The summed E-state index contributed by atoms with van der Waals surface area (Å²) < 4.78 is 40.2. The largest absolute Gasteiger partial charge is 0.481 e. The average molecular weight is 406 g/mol. The molecule has 0 atom stereocenters. The molecule has 0 aliphatic rings. The highest BCUT2D eigenvalue weighted by atomic mass is 35.5. The van der Waals surface area contributed by atoms with Gasteiger partial charge in [0.25, 0.3) is 10.0 Å². The van der Waals surface area contributed by atoms with E-state index in [-0.39, 0.29) is 35.0 Å². The number of hydrogen-bond acceptors (Lipinski definition) is 3. The number of benzene rings is 2. The molecule has 0 aliphatic carbocycles. The van der Waals surface area contributed by atoms with Crippen LogP contribution < -0.4 is 4.31 Å². The molecule has 1 N–H and O–H groups in total. The molecule has 2 aromatic rings. The van der Waals surface area contributed by atoms with Crippen molar-refractivity contribution in [2.45, 2.75) is 17.7 Å². The van der Waals surface area contributed by atoms with Crippen molar-refractivity contribution in [1.29, 1.82) is 0 Å². The van der Waals surface area contributed by atoms with Gasteiger partial charge in [-0.25, -0.2) is 12.8 Å². The molecular weight excluding hydrogens is 392 g/mol. The number of aliphatic carboxylic acids is 1. The first-order valence-electron chi connectivity index (χ1n) is 7.17. The Morgan fingerprint density at radius 2 is 1.76 bits per heavy atom. The second-order valence-corrected chi connectivity index (χ2v) is 7.83. The molecule has 9 heteroatoms. The minimum atomic E-state index is -4.00. The fraction of sp³-hybridized carbons (Fsp3) is 0.188. The summed E-state index contributed by atoms with van der Waals surface area (Å²) in [6, 6.07) is 9.06. The Labute approximate surface area is 154 Å². The number of nitrogens with zero attached hydrogens (tertiary/aromatic N) is 1. The lowest BCUT2D eigenvalue weighted by molar-refractivity contribution is -0.137. The third-order valence-electron chi connectivity index (χ3n) is 3.34.